The van der Waals surface area contributed by atoms with Gasteiger partial charge in [-0.2, -0.15) is 5.10 Å². The van der Waals surface area contributed by atoms with Gasteiger partial charge in [-0.1, -0.05) is 12.1 Å². The first-order valence-corrected chi connectivity index (χ1v) is 9.30. The van der Waals surface area contributed by atoms with Gasteiger partial charge in [0.1, 0.15) is 4.90 Å². The summed E-state index contributed by atoms with van der Waals surface area (Å²) in [5.41, 5.74) is 1.47. The third-order valence-corrected chi connectivity index (χ3v) is 5.30. The Hall–Kier alpha value is -2.35. The number of hydrogen-bond donors (Lipinski definition) is 2. The molecule has 0 aliphatic heterocycles. The minimum atomic E-state index is -3.84. The van der Waals surface area contributed by atoms with E-state index in [1.807, 2.05) is 20.8 Å². The van der Waals surface area contributed by atoms with Gasteiger partial charge in [-0.05, 0) is 52.3 Å². The van der Waals surface area contributed by atoms with Crippen molar-refractivity contribution in [1.82, 2.24) is 9.78 Å². The number of carboxylic acids is 1. The second kappa shape index (κ2) is 6.51. The molecule has 2 aromatic rings. The highest BCUT2D eigenvalue weighted by molar-refractivity contribution is 7.92. The van der Waals surface area contributed by atoms with Gasteiger partial charge in [-0.25, -0.2) is 8.42 Å². The Kier molecular flexibility index (Phi) is 4.94. The van der Waals surface area contributed by atoms with Crippen LogP contribution in [-0.4, -0.2) is 29.3 Å². The second-order valence-corrected chi connectivity index (χ2v) is 8.58. The minimum absolute atomic E-state index is 0.145. The predicted molar refractivity (Wildman–Crippen MR) is 95.3 cm³/mol. The molecule has 0 radical (unpaired) electrons. The van der Waals surface area contributed by atoms with Gasteiger partial charge >= 0.3 is 5.97 Å². The average molecular weight is 365 g/mol. The van der Waals surface area contributed by atoms with Crippen LogP contribution in [0.4, 0.5) is 5.69 Å². The zero-order valence-corrected chi connectivity index (χ0v) is 15.8. The van der Waals surface area contributed by atoms with Crippen molar-refractivity contribution in [1.29, 1.82) is 0 Å². The molecule has 1 heterocycles. The Morgan fingerprint density at radius 2 is 1.92 bits per heavy atom. The van der Waals surface area contributed by atoms with Crippen LogP contribution in [0, 0.1) is 13.8 Å². The molecule has 0 fully saturated rings. The van der Waals surface area contributed by atoms with E-state index in [0.717, 1.165) is 0 Å². The maximum absolute atomic E-state index is 12.8. The SMILES string of the molecule is Cc1nn(C(C)(C)C)c(C)c1S(=O)(=O)Nc1cccc(CC(=O)O)c1. The Morgan fingerprint density at radius 1 is 1.28 bits per heavy atom. The fraction of sp³-hybridized carbons (Fsp3) is 0.412. The Labute approximate surface area is 147 Å². The van der Waals surface area contributed by atoms with Crippen LogP contribution in [0.25, 0.3) is 0 Å². The quantitative estimate of drug-likeness (QED) is 0.848. The summed E-state index contributed by atoms with van der Waals surface area (Å²) in [6.07, 6.45) is -0.171. The zero-order valence-electron chi connectivity index (χ0n) is 15.0. The first-order valence-electron chi connectivity index (χ1n) is 7.82. The van der Waals surface area contributed by atoms with E-state index in [9.17, 15) is 13.2 Å². The predicted octanol–water partition coefficient (Wildman–Crippen LogP) is 2.68. The number of aromatic nitrogens is 2. The zero-order chi connectivity index (χ0) is 19.0. The topological polar surface area (TPSA) is 101 Å². The summed E-state index contributed by atoms with van der Waals surface area (Å²) in [7, 11) is -3.84. The van der Waals surface area contributed by atoms with E-state index in [4.69, 9.17) is 5.11 Å². The van der Waals surface area contributed by atoms with Crippen LogP contribution in [0.3, 0.4) is 0 Å². The molecule has 1 aromatic heterocycles. The highest BCUT2D eigenvalue weighted by Gasteiger charge is 2.28. The lowest BCUT2D eigenvalue weighted by Crippen LogP contribution is -2.25. The molecule has 0 unspecified atom stereocenters. The maximum Gasteiger partial charge on any atom is 0.307 e. The summed E-state index contributed by atoms with van der Waals surface area (Å²) in [4.78, 5) is 11.0. The number of aliphatic carboxylic acids is 1. The molecular weight excluding hydrogens is 342 g/mol. The average Bonchev–Trinajstić information content (AvgIpc) is 2.73. The van der Waals surface area contributed by atoms with Crippen LogP contribution < -0.4 is 4.72 Å². The maximum atomic E-state index is 12.8. The molecule has 0 saturated carbocycles. The largest absolute Gasteiger partial charge is 0.481 e. The number of sulfonamides is 1. The van der Waals surface area contributed by atoms with Gasteiger partial charge in [-0.15, -0.1) is 0 Å². The Morgan fingerprint density at radius 3 is 2.44 bits per heavy atom. The third-order valence-electron chi connectivity index (χ3n) is 3.66. The van der Waals surface area contributed by atoms with Gasteiger partial charge in [0.2, 0.25) is 0 Å². The van der Waals surface area contributed by atoms with Crippen LogP contribution in [-0.2, 0) is 26.8 Å². The molecule has 2 rings (SSSR count). The van der Waals surface area contributed by atoms with Crippen LogP contribution in [0.1, 0.15) is 37.7 Å². The fourth-order valence-corrected chi connectivity index (χ4v) is 4.24. The number of hydrogen-bond acceptors (Lipinski definition) is 4. The minimum Gasteiger partial charge on any atom is -0.481 e. The van der Waals surface area contributed by atoms with Gasteiger partial charge in [0.15, 0.2) is 0 Å². The lowest BCUT2D eigenvalue weighted by molar-refractivity contribution is -0.136. The molecule has 25 heavy (non-hydrogen) atoms. The summed E-state index contributed by atoms with van der Waals surface area (Å²) in [6, 6.07) is 6.36. The fourth-order valence-electron chi connectivity index (χ4n) is 2.80. The van der Waals surface area contributed by atoms with E-state index >= 15 is 0 Å². The first kappa shape index (κ1) is 19.0. The van der Waals surface area contributed by atoms with E-state index < -0.39 is 16.0 Å². The number of anilines is 1. The van der Waals surface area contributed by atoms with Crippen molar-refractivity contribution < 1.29 is 18.3 Å². The molecule has 0 bridgehead atoms. The van der Waals surface area contributed by atoms with Crippen LogP contribution in [0.2, 0.25) is 0 Å². The summed E-state index contributed by atoms with van der Waals surface area (Å²) >= 11 is 0. The van der Waals surface area contributed by atoms with E-state index in [1.165, 1.54) is 6.07 Å². The van der Waals surface area contributed by atoms with E-state index in [0.29, 0.717) is 22.6 Å². The number of carbonyl (C=O) groups is 1. The molecule has 1 aromatic carbocycles. The molecule has 2 N–H and O–H groups in total. The van der Waals surface area contributed by atoms with E-state index in [2.05, 4.69) is 9.82 Å². The molecule has 7 nitrogen and oxygen atoms in total. The Balaban J connectivity index is 2.41. The third kappa shape index (κ3) is 4.19. The number of nitrogens with one attached hydrogen (secondary N) is 1. The van der Waals surface area contributed by atoms with Crippen molar-refractivity contribution >= 4 is 21.7 Å². The molecule has 0 saturated heterocycles. The van der Waals surface area contributed by atoms with Crippen LogP contribution in [0.5, 0.6) is 0 Å². The number of benzene rings is 1. The first-order chi connectivity index (χ1) is 11.4. The lowest BCUT2D eigenvalue weighted by Gasteiger charge is -2.21. The second-order valence-electron chi connectivity index (χ2n) is 6.96. The summed E-state index contributed by atoms with van der Waals surface area (Å²) in [5.74, 6) is -0.974. The Bertz CT molecular complexity index is 908. The van der Waals surface area contributed by atoms with Crippen molar-refractivity contribution in [3.05, 3.63) is 41.2 Å². The van der Waals surface area contributed by atoms with Gasteiger partial charge in [-0.3, -0.25) is 14.2 Å². The lowest BCUT2D eigenvalue weighted by atomic mass is 10.1. The van der Waals surface area contributed by atoms with Gasteiger partial charge in [0.05, 0.1) is 23.3 Å². The highest BCUT2D eigenvalue weighted by atomic mass is 32.2. The van der Waals surface area contributed by atoms with Crippen LogP contribution in [0.15, 0.2) is 29.2 Å². The van der Waals surface area contributed by atoms with Crippen molar-refractivity contribution in [2.24, 2.45) is 0 Å². The molecule has 0 spiro atoms. The summed E-state index contributed by atoms with van der Waals surface area (Å²) in [5, 5.41) is 13.2. The summed E-state index contributed by atoms with van der Waals surface area (Å²) < 4.78 is 29.9. The molecule has 136 valence electrons. The van der Waals surface area contributed by atoms with Gasteiger partial charge < -0.3 is 5.11 Å². The van der Waals surface area contributed by atoms with Crippen molar-refractivity contribution in [3.63, 3.8) is 0 Å². The standard InChI is InChI=1S/C17H23N3O4S/c1-11-16(12(2)20(18-11)17(3,4)5)25(23,24)19-14-8-6-7-13(9-14)10-15(21)22/h6-9,19H,10H2,1-5H3,(H,21,22). The number of carboxylic acid groups (broad SMARTS) is 1. The normalized spacial score (nSPS) is 12.2. The molecule has 0 aliphatic rings. The number of aryl methyl sites for hydroxylation is 1. The summed E-state index contributed by atoms with van der Waals surface area (Å²) in [6.45, 7) is 9.23. The molecular formula is C17H23N3O4S. The molecule has 0 amide bonds. The smallest absolute Gasteiger partial charge is 0.307 e. The molecule has 8 heteroatoms. The van der Waals surface area contributed by atoms with Crippen molar-refractivity contribution in [2.45, 2.75) is 51.5 Å². The van der Waals surface area contributed by atoms with E-state index in [1.54, 1.807) is 36.7 Å². The highest BCUT2D eigenvalue weighted by Crippen LogP contribution is 2.27. The monoisotopic (exact) mass is 365 g/mol. The molecule has 0 atom stereocenters. The van der Waals surface area contributed by atoms with Crippen molar-refractivity contribution in [3.8, 4) is 0 Å². The van der Waals surface area contributed by atoms with Gasteiger partial charge in [0.25, 0.3) is 10.0 Å². The van der Waals surface area contributed by atoms with Crippen LogP contribution >= 0.6 is 0 Å². The number of nitrogens with zero attached hydrogens (tertiary/aromatic N) is 2. The number of rotatable bonds is 5. The van der Waals surface area contributed by atoms with Crippen molar-refractivity contribution in [2.75, 3.05) is 4.72 Å². The molecule has 0 aliphatic carbocycles. The van der Waals surface area contributed by atoms with Gasteiger partial charge in [0, 0.05) is 5.69 Å². The van der Waals surface area contributed by atoms with E-state index in [-0.39, 0.29) is 16.9 Å².